The van der Waals surface area contributed by atoms with Gasteiger partial charge in [0.2, 0.25) is 0 Å². The van der Waals surface area contributed by atoms with Gasteiger partial charge in [-0.25, -0.2) is 8.42 Å². The number of nitrogens with zero attached hydrogens (tertiary/aromatic N) is 2. The minimum atomic E-state index is -3.95. The monoisotopic (exact) mass is 369 g/mol. The number of ether oxygens (including phenoxy) is 1. The lowest BCUT2D eigenvalue weighted by atomic mass is 10.1. The van der Waals surface area contributed by atoms with Crippen LogP contribution in [0.1, 0.15) is 5.56 Å². The molecule has 0 unspecified atom stereocenters. The number of aromatic nitrogens is 2. The highest BCUT2D eigenvalue weighted by atomic mass is 32.2. The van der Waals surface area contributed by atoms with Crippen LogP contribution in [0, 0.1) is 6.92 Å². The first-order chi connectivity index (χ1) is 12.5. The number of sulfonamides is 1. The lowest BCUT2D eigenvalue weighted by Gasteiger charge is -2.11. The third-order valence-corrected chi connectivity index (χ3v) is 5.62. The normalized spacial score (nSPS) is 11.8. The van der Waals surface area contributed by atoms with Crippen LogP contribution in [0.2, 0.25) is 0 Å². The van der Waals surface area contributed by atoms with Gasteiger partial charge in [0.15, 0.2) is 11.4 Å². The summed E-state index contributed by atoms with van der Waals surface area (Å²) in [5.74, 6) is 0.541. The first kappa shape index (κ1) is 16.3. The molecule has 2 aromatic carbocycles. The van der Waals surface area contributed by atoms with E-state index in [4.69, 9.17) is 9.26 Å². The van der Waals surface area contributed by atoms with E-state index < -0.39 is 10.0 Å². The number of hydrogen-bond acceptors (Lipinski definition) is 6. The number of rotatable bonds is 4. The van der Waals surface area contributed by atoms with E-state index in [2.05, 4.69) is 14.9 Å². The van der Waals surface area contributed by atoms with E-state index >= 15 is 0 Å². The first-order valence-electron chi connectivity index (χ1n) is 7.81. The van der Waals surface area contributed by atoms with Gasteiger partial charge >= 0.3 is 0 Å². The zero-order chi connectivity index (χ0) is 18.3. The van der Waals surface area contributed by atoms with Gasteiger partial charge in [0.05, 0.1) is 12.6 Å². The summed E-state index contributed by atoms with van der Waals surface area (Å²) in [7, 11) is -2.45. The van der Waals surface area contributed by atoms with Crippen LogP contribution in [-0.4, -0.2) is 25.7 Å². The lowest BCUT2D eigenvalue weighted by molar-refractivity contribution is 0.419. The number of hydrogen-bond donors (Lipinski definition) is 1. The van der Waals surface area contributed by atoms with E-state index in [1.807, 2.05) is 12.1 Å². The van der Waals surface area contributed by atoms with Crippen LogP contribution in [0.15, 0.2) is 58.1 Å². The third kappa shape index (κ3) is 2.55. The molecule has 1 N–H and O–H groups in total. The largest absolute Gasteiger partial charge is 0.496 e. The van der Waals surface area contributed by atoms with Crippen LogP contribution in [0.4, 0.5) is 5.82 Å². The van der Waals surface area contributed by atoms with E-state index in [9.17, 15) is 8.42 Å². The number of pyridine rings is 1. The van der Waals surface area contributed by atoms with Gasteiger partial charge in [0, 0.05) is 11.6 Å². The molecule has 8 heteroatoms. The summed E-state index contributed by atoms with van der Waals surface area (Å²) < 4.78 is 39.2. The van der Waals surface area contributed by atoms with Crippen molar-refractivity contribution in [3.63, 3.8) is 0 Å². The predicted octanol–water partition coefficient (Wildman–Crippen LogP) is 3.49. The maximum atomic E-state index is 13.1. The Morgan fingerprint density at radius 2 is 1.96 bits per heavy atom. The molecule has 0 spiro atoms. The molecule has 2 aromatic heterocycles. The second kappa shape index (κ2) is 5.99. The highest BCUT2D eigenvalue weighted by molar-refractivity contribution is 7.93. The Bertz CT molecular complexity index is 1230. The van der Waals surface area contributed by atoms with E-state index in [0.717, 1.165) is 5.39 Å². The maximum Gasteiger partial charge on any atom is 0.265 e. The van der Waals surface area contributed by atoms with Crippen LogP contribution in [0.25, 0.3) is 21.9 Å². The molecule has 0 saturated carbocycles. The van der Waals surface area contributed by atoms with Crippen molar-refractivity contribution < 1.29 is 17.7 Å². The Balaban J connectivity index is 1.89. The Labute approximate surface area is 149 Å². The number of anilines is 1. The molecule has 0 atom stereocenters. The highest BCUT2D eigenvalue weighted by Gasteiger charge is 2.24. The molecule has 2 heterocycles. The standard InChI is InChI=1S/C18H15N3O4S/c1-11-8-9-12-5-4-10-19-16(12)17(11)26(22,23)21-18-15-13(24-2)6-3-7-14(15)25-20-18/h3-10H,1-2H3,(H,20,21). The van der Waals surface area contributed by atoms with Gasteiger partial charge in [0.1, 0.15) is 16.0 Å². The topological polar surface area (TPSA) is 94.3 Å². The molecular weight excluding hydrogens is 354 g/mol. The fourth-order valence-corrected chi connectivity index (χ4v) is 4.35. The van der Waals surface area contributed by atoms with Crippen LogP contribution < -0.4 is 9.46 Å². The SMILES string of the molecule is COc1cccc2onc(NS(=O)(=O)c3c(C)ccc4cccnc34)c12. The summed E-state index contributed by atoms with van der Waals surface area (Å²) >= 11 is 0. The Morgan fingerprint density at radius 3 is 2.77 bits per heavy atom. The molecular formula is C18H15N3O4S. The number of benzene rings is 2. The summed E-state index contributed by atoms with van der Waals surface area (Å²) in [5, 5.41) is 5.06. The average molecular weight is 369 g/mol. The van der Waals surface area contributed by atoms with E-state index in [1.165, 1.54) is 7.11 Å². The van der Waals surface area contributed by atoms with Crippen molar-refractivity contribution in [2.75, 3.05) is 11.8 Å². The minimum absolute atomic E-state index is 0.0739. The molecule has 0 aliphatic carbocycles. The van der Waals surface area contributed by atoms with Crippen molar-refractivity contribution in [3.05, 3.63) is 54.2 Å². The second-order valence-corrected chi connectivity index (χ2v) is 7.38. The molecule has 0 saturated heterocycles. The van der Waals surface area contributed by atoms with Crippen molar-refractivity contribution in [1.29, 1.82) is 0 Å². The fourth-order valence-electron chi connectivity index (χ4n) is 2.94. The summed E-state index contributed by atoms with van der Waals surface area (Å²) in [4.78, 5) is 4.36. The minimum Gasteiger partial charge on any atom is -0.496 e. The number of fused-ring (bicyclic) bond motifs is 2. The number of methoxy groups -OCH3 is 1. The van der Waals surface area contributed by atoms with Crippen molar-refractivity contribution in [2.45, 2.75) is 11.8 Å². The maximum absolute atomic E-state index is 13.1. The zero-order valence-corrected chi connectivity index (χ0v) is 14.9. The van der Waals surface area contributed by atoms with Gasteiger partial charge in [-0.05, 0) is 30.7 Å². The van der Waals surface area contributed by atoms with E-state index in [-0.39, 0.29) is 10.7 Å². The summed E-state index contributed by atoms with van der Waals surface area (Å²) in [6.45, 7) is 1.73. The van der Waals surface area contributed by atoms with Gasteiger partial charge in [-0.3, -0.25) is 9.71 Å². The Kier molecular flexibility index (Phi) is 3.77. The van der Waals surface area contributed by atoms with Gasteiger partial charge in [-0.2, -0.15) is 0 Å². The zero-order valence-electron chi connectivity index (χ0n) is 14.1. The van der Waals surface area contributed by atoms with Crippen molar-refractivity contribution in [1.82, 2.24) is 10.1 Å². The van der Waals surface area contributed by atoms with Crippen molar-refractivity contribution >= 4 is 37.7 Å². The summed E-state index contributed by atoms with van der Waals surface area (Å²) in [5.41, 5.74) is 1.41. The average Bonchev–Trinajstić information content (AvgIpc) is 3.03. The quantitative estimate of drug-likeness (QED) is 0.592. The molecule has 4 aromatic rings. The lowest BCUT2D eigenvalue weighted by Crippen LogP contribution is -2.15. The van der Waals surface area contributed by atoms with Gasteiger partial charge in [-0.15, -0.1) is 0 Å². The fraction of sp³-hybridized carbons (Fsp3) is 0.111. The van der Waals surface area contributed by atoms with Gasteiger partial charge < -0.3 is 9.26 Å². The van der Waals surface area contributed by atoms with Gasteiger partial charge in [0.25, 0.3) is 10.0 Å². The van der Waals surface area contributed by atoms with Crippen molar-refractivity contribution in [2.24, 2.45) is 0 Å². The van der Waals surface area contributed by atoms with Crippen LogP contribution >= 0.6 is 0 Å². The molecule has 4 rings (SSSR count). The van der Waals surface area contributed by atoms with Crippen LogP contribution in [0.5, 0.6) is 5.75 Å². The predicted molar refractivity (Wildman–Crippen MR) is 97.8 cm³/mol. The van der Waals surface area contributed by atoms with E-state index in [1.54, 1.807) is 43.5 Å². The Morgan fingerprint density at radius 1 is 1.12 bits per heavy atom. The highest BCUT2D eigenvalue weighted by Crippen LogP contribution is 2.34. The second-order valence-electron chi connectivity index (χ2n) is 5.76. The molecule has 0 fully saturated rings. The molecule has 0 aliphatic heterocycles. The molecule has 0 amide bonds. The van der Waals surface area contributed by atoms with Gasteiger partial charge in [-0.1, -0.05) is 29.4 Å². The molecule has 132 valence electrons. The molecule has 0 bridgehead atoms. The smallest absolute Gasteiger partial charge is 0.265 e. The van der Waals surface area contributed by atoms with Crippen molar-refractivity contribution in [3.8, 4) is 5.75 Å². The molecule has 0 aliphatic rings. The van der Waals surface area contributed by atoms with E-state index in [0.29, 0.717) is 27.8 Å². The third-order valence-electron chi connectivity index (χ3n) is 4.10. The van der Waals surface area contributed by atoms with Crippen LogP contribution in [-0.2, 0) is 10.0 Å². The first-order valence-corrected chi connectivity index (χ1v) is 9.29. The molecule has 0 radical (unpaired) electrons. The molecule has 7 nitrogen and oxygen atoms in total. The van der Waals surface area contributed by atoms with Crippen LogP contribution in [0.3, 0.4) is 0 Å². The molecule has 26 heavy (non-hydrogen) atoms. The summed E-state index contributed by atoms with van der Waals surface area (Å²) in [6.07, 6.45) is 1.56. The summed E-state index contributed by atoms with van der Waals surface area (Å²) in [6, 6.07) is 12.3. The number of aryl methyl sites for hydroxylation is 1. The number of nitrogens with one attached hydrogen (secondary N) is 1. The Hall–Kier alpha value is -3.13.